The van der Waals surface area contributed by atoms with Crippen molar-refractivity contribution >= 4 is 5.70 Å². The molecule has 4 heteroatoms. The maximum absolute atomic E-state index is 10.3. The second-order valence-corrected chi connectivity index (χ2v) is 5.55. The van der Waals surface area contributed by atoms with E-state index >= 15 is 0 Å². The van der Waals surface area contributed by atoms with Gasteiger partial charge in [0.2, 0.25) is 0 Å². The summed E-state index contributed by atoms with van der Waals surface area (Å²) in [4.78, 5) is 0. The zero-order valence-corrected chi connectivity index (χ0v) is 13.0. The van der Waals surface area contributed by atoms with Gasteiger partial charge in [0.25, 0.3) is 0 Å². The molecule has 0 amide bonds. The molecule has 1 heterocycles. The average molecular weight is 296 g/mol. The normalized spacial score (nSPS) is 17.0. The zero-order chi connectivity index (χ0) is 15.7. The highest BCUT2D eigenvalue weighted by atomic mass is 16.5. The van der Waals surface area contributed by atoms with Gasteiger partial charge in [0.1, 0.15) is 11.5 Å². The molecule has 114 valence electrons. The summed E-state index contributed by atoms with van der Waals surface area (Å²) in [5, 5.41) is 10.3. The maximum Gasteiger partial charge on any atom is 0.127 e. The van der Waals surface area contributed by atoms with Crippen LogP contribution in [0.3, 0.4) is 0 Å². The van der Waals surface area contributed by atoms with E-state index in [1.165, 1.54) is 0 Å². The van der Waals surface area contributed by atoms with Crippen LogP contribution in [-0.2, 0) is 0 Å². The Morgan fingerprint density at radius 1 is 1.14 bits per heavy atom. The number of phenols is 1. The van der Waals surface area contributed by atoms with Gasteiger partial charge in [-0.05, 0) is 43.2 Å². The van der Waals surface area contributed by atoms with Crippen molar-refractivity contribution in [3.8, 4) is 11.5 Å². The van der Waals surface area contributed by atoms with Gasteiger partial charge in [-0.1, -0.05) is 24.3 Å². The Morgan fingerprint density at radius 2 is 1.91 bits per heavy atom. The molecule has 0 aliphatic carbocycles. The summed E-state index contributed by atoms with van der Waals surface area (Å²) in [6, 6.07) is 11.8. The maximum atomic E-state index is 10.3. The lowest BCUT2D eigenvalue weighted by atomic mass is 10.0. The van der Waals surface area contributed by atoms with Crippen LogP contribution in [0.5, 0.6) is 11.5 Å². The van der Waals surface area contributed by atoms with Gasteiger partial charge >= 0.3 is 0 Å². The first-order valence-electron chi connectivity index (χ1n) is 7.27. The Hall–Kier alpha value is -2.46. The highest BCUT2D eigenvalue weighted by Gasteiger charge is 2.22. The molecule has 2 aromatic rings. The van der Waals surface area contributed by atoms with Crippen molar-refractivity contribution in [1.29, 1.82) is 0 Å². The van der Waals surface area contributed by atoms with E-state index in [0.29, 0.717) is 5.75 Å². The summed E-state index contributed by atoms with van der Waals surface area (Å²) in [5.41, 5.74) is 11.1. The number of hydrogen-bond donors (Lipinski definition) is 3. The van der Waals surface area contributed by atoms with E-state index < -0.39 is 0 Å². The molecule has 3 rings (SSSR count). The molecule has 0 aromatic heterocycles. The third kappa shape index (κ3) is 2.53. The van der Waals surface area contributed by atoms with Crippen LogP contribution >= 0.6 is 0 Å². The molecular weight excluding hydrogens is 276 g/mol. The van der Waals surface area contributed by atoms with Gasteiger partial charge in [-0.3, -0.25) is 0 Å². The van der Waals surface area contributed by atoms with Crippen molar-refractivity contribution < 1.29 is 9.84 Å². The van der Waals surface area contributed by atoms with E-state index in [-0.39, 0.29) is 6.04 Å². The monoisotopic (exact) mass is 296 g/mol. The molecule has 1 aliphatic heterocycles. The Bertz CT molecular complexity index is 738. The van der Waals surface area contributed by atoms with Gasteiger partial charge in [-0.15, -0.1) is 0 Å². The quantitative estimate of drug-likeness (QED) is 0.814. The Balaban J connectivity index is 1.99. The van der Waals surface area contributed by atoms with Crippen molar-refractivity contribution in [1.82, 2.24) is 10.9 Å². The van der Waals surface area contributed by atoms with Gasteiger partial charge in [0, 0.05) is 11.1 Å². The van der Waals surface area contributed by atoms with Crippen LogP contribution in [0.4, 0.5) is 0 Å². The first-order chi connectivity index (χ1) is 10.6. The number of methoxy groups -OCH3 is 1. The Labute approximate surface area is 130 Å². The smallest absolute Gasteiger partial charge is 0.127 e. The number of phenolic OH excluding ortho intramolecular Hbond substituents is 1. The molecule has 4 nitrogen and oxygen atoms in total. The van der Waals surface area contributed by atoms with Gasteiger partial charge in [-0.25, -0.2) is 5.43 Å². The Kier molecular flexibility index (Phi) is 3.77. The van der Waals surface area contributed by atoms with Gasteiger partial charge in [-0.2, -0.15) is 0 Å². The summed E-state index contributed by atoms with van der Waals surface area (Å²) in [6.07, 6.45) is 2.06. The summed E-state index contributed by atoms with van der Waals surface area (Å²) < 4.78 is 5.41. The fraction of sp³-hybridized carbons (Fsp3) is 0.222. The molecule has 22 heavy (non-hydrogen) atoms. The van der Waals surface area contributed by atoms with Crippen molar-refractivity contribution in [2.24, 2.45) is 0 Å². The van der Waals surface area contributed by atoms with Crippen molar-refractivity contribution in [3.63, 3.8) is 0 Å². The third-order valence-corrected chi connectivity index (χ3v) is 3.90. The van der Waals surface area contributed by atoms with Crippen molar-refractivity contribution in [2.75, 3.05) is 7.11 Å². The molecule has 0 saturated carbocycles. The van der Waals surface area contributed by atoms with Crippen molar-refractivity contribution in [3.05, 3.63) is 64.7 Å². The number of ether oxygens (including phenoxy) is 1. The van der Waals surface area contributed by atoms with Crippen LogP contribution in [-0.4, -0.2) is 12.2 Å². The molecule has 1 unspecified atom stereocenters. The Morgan fingerprint density at radius 3 is 2.68 bits per heavy atom. The first-order valence-corrected chi connectivity index (χ1v) is 7.27. The predicted molar refractivity (Wildman–Crippen MR) is 87.6 cm³/mol. The highest BCUT2D eigenvalue weighted by molar-refractivity contribution is 5.73. The first kappa shape index (κ1) is 14.5. The number of benzene rings is 2. The molecule has 0 spiro atoms. The fourth-order valence-corrected chi connectivity index (χ4v) is 2.82. The van der Waals surface area contributed by atoms with Crippen molar-refractivity contribution in [2.45, 2.75) is 19.9 Å². The number of hydrogen-bond acceptors (Lipinski definition) is 4. The molecule has 1 aliphatic rings. The van der Waals surface area contributed by atoms with Crippen LogP contribution in [0, 0.1) is 13.8 Å². The molecular formula is C18H20N2O2. The van der Waals surface area contributed by atoms with Crippen LogP contribution in [0.2, 0.25) is 0 Å². The number of para-hydroxylation sites is 1. The number of hydrazine groups is 1. The molecule has 0 bridgehead atoms. The van der Waals surface area contributed by atoms with Crippen LogP contribution in [0.15, 0.2) is 42.5 Å². The second kappa shape index (κ2) is 5.73. The van der Waals surface area contributed by atoms with Gasteiger partial charge in [0.05, 0.1) is 18.8 Å². The summed E-state index contributed by atoms with van der Waals surface area (Å²) >= 11 is 0. The topological polar surface area (TPSA) is 53.5 Å². The highest BCUT2D eigenvalue weighted by Crippen LogP contribution is 2.34. The van der Waals surface area contributed by atoms with Gasteiger partial charge in [0.15, 0.2) is 0 Å². The summed E-state index contributed by atoms with van der Waals surface area (Å²) in [5.74, 6) is 1.15. The number of rotatable bonds is 3. The fourth-order valence-electron chi connectivity index (χ4n) is 2.82. The SMILES string of the molecule is COc1ccccc1C1C=C(c2cc(C)cc(C)c2O)NN1. The minimum Gasteiger partial charge on any atom is -0.507 e. The van der Waals surface area contributed by atoms with E-state index in [1.807, 2.05) is 50.2 Å². The number of aryl methyl sites for hydroxylation is 2. The predicted octanol–water partition coefficient (Wildman–Crippen LogP) is 3.21. The van der Waals surface area contributed by atoms with E-state index in [0.717, 1.165) is 33.7 Å². The van der Waals surface area contributed by atoms with E-state index in [2.05, 4.69) is 16.9 Å². The standard InChI is InChI=1S/C18H20N2O2/c1-11-8-12(2)18(21)14(9-11)16-10-15(19-20-16)13-6-4-5-7-17(13)22-3/h4-10,15,19-21H,1-3H3. The molecule has 0 saturated heterocycles. The number of aromatic hydroxyl groups is 1. The molecule has 0 radical (unpaired) electrons. The molecule has 2 aromatic carbocycles. The van der Waals surface area contributed by atoms with Gasteiger partial charge < -0.3 is 15.3 Å². The molecule has 1 atom stereocenters. The lowest BCUT2D eigenvalue weighted by molar-refractivity contribution is 0.404. The van der Waals surface area contributed by atoms with E-state index in [1.54, 1.807) is 7.11 Å². The van der Waals surface area contributed by atoms with Crippen LogP contribution in [0.1, 0.15) is 28.3 Å². The second-order valence-electron chi connectivity index (χ2n) is 5.55. The largest absolute Gasteiger partial charge is 0.507 e. The van der Waals surface area contributed by atoms with Crippen LogP contribution in [0.25, 0.3) is 5.70 Å². The summed E-state index contributed by atoms with van der Waals surface area (Å²) in [6.45, 7) is 3.93. The minimum atomic E-state index is -0.00799. The zero-order valence-electron chi connectivity index (χ0n) is 13.0. The average Bonchev–Trinajstić information content (AvgIpc) is 3.00. The molecule has 0 fully saturated rings. The van der Waals surface area contributed by atoms with Crippen LogP contribution < -0.4 is 15.6 Å². The summed E-state index contributed by atoms with van der Waals surface area (Å²) in [7, 11) is 1.67. The van der Waals surface area contributed by atoms with E-state index in [9.17, 15) is 5.11 Å². The number of nitrogens with one attached hydrogen (secondary N) is 2. The minimum absolute atomic E-state index is 0.00799. The van der Waals surface area contributed by atoms with E-state index in [4.69, 9.17) is 4.74 Å². The third-order valence-electron chi connectivity index (χ3n) is 3.90. The lowest BCUT2D eigenvalue weighted by Gasteiger charge is -2.13. The molecule has 3 N–H and O–H groups in total. The lowest BCUT2D eigenvalue weighted by Crippen LogP contribution is -2.26.